The van der Waals surface area contributed by atoms with Crippen LogP contribution in [0, 0.1) is 0 Å². The molecule has 140 valence electrons. The molecule has 4 nitrogen and oxygen atoms in total. The van der Waals surface area contributed by atoms with E-state index >= 15 is 0 Å². The molecule has 2 rings (SSSR count). The van der Waals surface area contributed by atoms with Gasteiger partial charge in [0.05, 0.1) is 0 Å². The second-order valence-electron chi connectivity index (χ2n) is 7.11. The minimum Gasteiger partial charge on any atom is -0.338 e. The summed E-state index contributed by atoms with van der Waals surface area (Å²) in [5, 5.41) is 6.04. The topological polar surface area (TPSA) is 44.4 Å². The molecule has 2 N–H and O–H groups in total. The number of benzene rings is 1. The average molecular weight is 346 g/mol. The third kappa shape index (κ3) is 5.74. The number of hydrogen-bond donors (Lipinski definition) is 2. The normalized spacial score (nSPS) is 16.6. The van der Waals surface area contributed by atoms with Gasteiger partial charge in [-0.25, -0.2) is 4.79 Å². The summed E-state index contributed by atoms with van der Waals surface area (Å²) < 4.78 is 0. The third-order valence-electron chi connectivity index (χ3n) is 5.06. The molecule has 0 spiro atoms. The molecule has 0 fully saturated rings. The van der Waals surface area contributed by atoms with Crippen molar-refractivity contribution in [2.24, 2.45) is 0 Å². The summed E-state index contributed by atoms with van der Waals surface area (Å²) in [5.41, 5.74) is 3.72. The highest BCUT2D eigenvalue weighted by molar-refractivity contribution is 5.90. The largest absolute Gasteiger partial charge is 0.338 e. The predicted molar refractivity (Wildman–Crippen MR) is 106 cm³/mol. The van der Waals surface area contributed by atoms with Crippen LogP contribution in [0.4, 0.5) is 10.5 Å². The Morgan fingerprint density at radius 1 is 1.16 bits per heavy atom. The molecule has 0 aliphatic heterocycles. The minimum absolute atomic E-state index is 0.0806. The van der Waals surface area contributed by atoms with Crippen molar-refractivity contribution in [2.75, 3.05) is 25.0 Å². The molecule has 1 atom stereocenters. The van der Waals surface area contributed by atoms with E-state index in [0.29, 0.717) is 6.04 Å². The Labute approximate surface area is 153 Å². The average Bonchev–Trinajstić information content (AvgIpc) is 2.62. The molecule has 1 unspecified atom stereocenters. The Hall–Kier alpha value is -1.55. The van der Waals surface area contributed by atoms with Gasteiger partial charge < -0.3 is 15.5 Å². The van der Waals surface area contributed by atoms with Crippen molar-refractivity contribution in [3.05, 3.63) is 29.3 Å². The lowest BCUT2D eigenvalue weighted by atomic mass is 9.86. The van der Waals surface area contributed by atoms with Crippen molar-refractivity contribution in [1.82, 2.24) is 10.2 Å². The fourth-order valence-corrected chi connectivity index (χ4v) is 3.80. The van der Waals surface area contributed by atoms with Crippen LogP contribution in [-0.2, 0) is 12.8 Å². The molecular weight excluding hydrogens is 310 g/mol. The van der Waals surface area contributed by atoms with Crippen molar-refractivity contribution >= 4 is 11.7 Å². The Morgan fingerprint density at radius 3 is 2.60 bits per heavy atom. The minimum atomic E-state index is -0.0806. The molecule has 0 radical (unpaired) electrons. The first kappa shape index (κ1) is 19.8. The zero-order valence-electron chi connectivity index (χ0n) is 16.2. The predicted octanol–water partition coefficient (Wildman–Crippen LogP) is 4.59. The second kappa shape index (κ2) is 10.4. The molecule has 1 aliphatic rings. The van der Waals surface area contributed by atoms with Gasteiger partial charge in [-0.3, -0.25) is 0 Å². The van der Waals surface area contributed by atoms with Gasteiger partial charge in [-0.1, -0.05) is 39.3 Å². The monoisotopic (exact) mass is 345 g/mol. The fraction of sp³-hybridized carbons (Fsp3) is 0.667. The first-order valence-electron chi connectivity index (χ1n) is 10.1. The van der Waals surface area contributed by atoms with E-state index in [1.807, 2.05) is 6.07 Å². The van der Waals surface area contributed by atoms with Crippen LogP contribution in [0.2, 0.25) is 0 Å². The number of carbonyl (C=O) groups excluding carboxylic acids is 1. The van der Waals surface area contributed by atoms with Crippen LogP contribution in [0.25, 0.3) is 0 Å². The summed E-state index contributed by atoms with van der Waals surface area (Å²) in [5.74, 6) is 0. The van der Waals surface area contributed by atoms with Gasteiger partial charge in [0.1, 0.15) is 0 Å². The van der Waals surface area contributed by atoms with Crippen molar-refractivity contribution in [1.29, 1.82) is 0 Å². The van der Waals surface area contributed by atoms with Gasteiger partial charge >= 0.3 is 6.03 Å². The van der Waals surface area contributed by atoms with E-state index < -0.39 is 0 Å². The lowest BCUT2D eigenvalue weighted by Gasteiger charge is -2.35. The van der Waals surface area contributed by atoms with Crippen LogP contribution in [0.3, 0.4) is 0 Å². The molecule has 0 heterocycles. The lowest BCUT2D eigenvalue weighted by Crippen LogP contribution is -2.40. The standard InChI is InChI=1S/C21H35N3O/c1-4-7-13-22-21(25)23-20-10-8-9-17-11-12-18(16-19(17)20)24(14-5-2)15-6-3/h8-10,18H,4-7,11-16H2,1-3H3,(H2,22,23,25). The summed E-state index contributed by atoms with van der Waals surface area (Å²) in [6, 6.07) is 6.85. The lowest BCUT2D eigenvalue weighted by molar-refractivity contribution is 0.180. The zero-order chi connectivity index (χ0) is 18.1. The van der Waals surface area contributed by atoms with Gasteiger partial charge in [0, 0.05) is 18.3 Å². The van der Waals surface area contributed by atoms with Gasteiger partial charge in [0.15, 0.2) is 0 Å². The fourth-order valence-electron chi connectivity index (χ4n) is 3.80. The van der Waals surface area contributed by atoms with Crippen LogP contribution in [0.5, 0.6) is 0 Å². The zero-order valence-corrected chi connectivity index (χ0v) is 16.2. The number of nitrogens with one attached hydrogen (secondary N) is 2. The van der Waals surface area contributed by atoms with Gasteiger partial charge in [-0.2, -0.15) is 0 Å². The highest BCUT2D eigenvalue weighted by atomic mass is 16.2. The van der Waals surface area contributed by atoms with Gasteiger partial charge in [-0.15, -0.1) is 0 Å². The molecular formula is C21H35N3O. The van der Waals surface area contributed by atoms with E-state index in [4.69, 9.17) is 0 Å². The molecule has 25 heavy (non-hydrogen) atoms. The Bertz CT molecular complexity index is 538. The van der Waals surface area contributed by atoms with E-state index in [2.05, 4.69) is 48.4 Å². The Balaban J connectivity index is 2.07. The molecule has 1 aliphatic carbocycles. The van der Waals surface area contributed by atoms with Crippen LogP contribution >= 0.6 is 0 Å². The summed E-state index contributed by atoms with van der Waals surface area (Å²) >= 11 is 0. The van der Waals surface area contributed by atoms with Crippen LogP contribution in [0.15, 0.2) is 18.2 Å². The number of hydrogen-bond acceptors (Lipinski definition) is 2. The summed E-state index contributed by atoms with van der Waals surface area (Å²) in [6.07, 6.45) is 7.88. The molecule has 1 aromatic carbocycles. The van der Waals surface area contributed by atoms with E-state index in [-0.39, 0.29) is 6.03 Å². The number of carbonyl (C=O) groups is 1. The maximum atomic E-state index is 12.2. The molecule has 0 bridgehead atoms. The number of rotatable bonds is 9. The first-order chi connectivity index (χ1) is 12.2. The van der Waals surface area contributed by atoms with Crippen molar-refractivity contribution in [3.8, 4) is 0 Å². The van der Waals surface area contributed by atoms with E-state index in [0.717, 1.165) is 37.9 Å². The first-order valence-corrected chi connectivity index (χ1v) is 10.1. The number of unbranched alkanes of at least 4 members (excludes halogenated alkanes) is 1. The number of aryl methyl sites for hydroxylation is 1. The number of anilines is 1. The summed E-state index contributed by atoms with van der Waals surface area (Å²) in [6.45, 7) is 9.72. The van der Waals surface area contributed by atoms with Crippen molar-refractivity contribution in [2.45, 2.75) is 71.8 Å². The second-order valence-corrected chi connectivity index (χ2v) is 7.11. The quantitative estimate of drug-likeness (QED) is 0.643. The molecule has 2 amide bonds. The van der Waals surface area contributed by atoms with E-state index in [9.17, 15) is 4.79 Å². The molecule has 0 saturated carbocycles. The molecule has 0 aromatic heterocycles. The highest BCUT2D eigenvalue weighted by Gasteiger charge is 2.25. The van der Waals surface area contributed by atoms with Crippen molar-refractivity contribution < 1.29 is 4.79 Å². The molecule has 0 saturated heterocycles. The molecule has 1 aromatic rings. The maximum absolute atomic E-state index is 12.2. The van der Waals surface area contributed by atoms with Gasteiger partial charge in [-0.05, 0) is 68.8 Å². The van der Waals surface area contributed by atoms with Gasteiger partial charge in [0.25, 0.3) is 0 Å². The van der Waals surface area contributed by atoms with Crippen LogP contribution in [-0.4, -0.2) is 36.6 Å². The number of amides is 2. The number of urea groups is 1. The van der Waals surface area contributed by atoms with Crippen LogP contribution in [0.1, 0.15) is 64.0 Å². The van der Waals surface area contributed by atoms with E-state index in [1.165, 1.54) is 43.5 Å². The summed E-state index contributed by atoms with van der Waals surface area (Å²) in [7, 11) is 0. The highest BCUT2D eigenvalue weighted by Crippen LogP contribution is 2.30. The number of nitrogens with zero attached hydrogens (tertiary/aromatic N) is 1. The van der Waals surface area contributed by atoms with Crippen LogP contribution < -0.4 is 10.6 Å². The SMILES string of the molecule is CCCCNC(=O)Nc1cccc2c1CC(N(CCC)CCC)CC2. The van der Waals surface area contributed by atoms with Gasteiger partial charge in [0.2, 0.25) is 0 Å². The Morgan fingerprint density at radius 2 is 1.92 bits per heavy atom. The smallest absolute Gasteiger partial charge is 0.319 e. The molecule has 4 heteroatoms. The van der Waals surface area contributed by atoms with Crippen molar-refractivity contribution in [3.63, 3.8) is 0 Å². The maximum Gasteiger partial charge on any atom is 0.319 e. The summed E-state index contributed by atoms with van der Waals surface area (Å²) in [4.78, 5) is 14.8. The number of fused-ring (bicyclic) bond motifs is 1. The Kier molecular flexibility index (Phi) is 8.26. The van der Waals surface area contributed by atoms with E-state index in [1.54, 1.807) is 0 Å². The third-order valence-corrected chi connectivity index (χ3v) is 5.06.